The Morgan fingerprint density at radius 1 is 1.25 bits per heavy atom. The first-order chi connectivity index (χ1) is 7.78. The second-order valence-corrected chi connectivity index (χ2v) is 4.42. The fourth-order valence-electron chi connectivity index (χ4n) is 2.38. The normalized spacial score (nSPS) is 24.1. The van der Waals surface area contributed by atoms with E-state index in [9.17, 15) is 0 Å². The lowest BCUT2D eigenvalue weighted by molar-refractivity contribution is 0.352. The Labute approximate surface area is 94.3 Å². The molecule has 0 amide bonds. The van der Waals surface area contributed by atoms with Gasteiger partial charge in [-0.25, -0.2) is 4.98 Å². The van der Waals surface area contributed by atoms with Crippen molar-refractivity contribution in [3.63, 3.8) is 0 Å². The molecule has 16 heavy (non-hydrogen) atoms. The third kappa shape index (κ3) is 1.44. The van der Waals surface area contributed by atoms with Crippen LogP contribution in [0.2, 0.25) is 0 Å². The molecule has 2 aromatic rings. The smallest absolute Gasteiger partial charge is 0.181 e. The zero-order chi connectivity index (χ0) is 11.0. The Bertz CT molecular complexity index is 492. The molecule has 1 atom stereocenters. The summed E-state index contributed by atoms with van der Waals surface area (Å²) in [5.74, 6) is 0.997. The van der Waals surface area contributed by atoms with Crippen molar-refractivity contribution in [2.24, 2.45) is 5.73 Å². The van der Waals surface area contributed by atoms with Gasteiger partial charge in [0.2, 0.25) is 0 Å². The number of aryl methyl sites for hydroxylation is 1. The van der Waals surface area contributed by atoms with Gasteiger partial charge in [0.15, 0.2) is 6.39 Å². The second-order valence-electron chi connectivity index (χ2n) is 4.42. The van der Waals surface area contributed by atoms with Crippen LogP contribution >= 0.6 is 0 Å². The first kappa shape index (κ1) is 9.60. The van der Waals surface area contributed by atoms with E-state index in [0.29, 0.717) is 0 Å². The van der Waals surface area contributed by atoms with Crippen LogP contribution in [0.15, 0.2) is 41.1 Å². The van der Waals surface area contributed by atoms with Gasteiger partial charge in [0.05, 0.1) is 5.69 Å². The molecule has 1 heterocycles. The van der Waals surface area contributed by atoms with E-state index in [1.54, 1.807) is 0 Å². The molecular weight excluding hydrogens is 200 g/mol. The van der Waals surface area contributed by atoms with E-state index in [0.717, 1.165) is 30.7 Å². The number of aromatic nitrogens is 1. The van der Waals surface area contributed by atoms with Gasteiger partial charge in [0.1, 0.15) is 5.76 Å². The van der Waals surface area contributed by atoms with Crippen LogP contribution in [0.5, 0.6) is 0 Å². The summed E-state index contributed by atoms with van der Waals surface area (Å²) in [6.07, 6.45) is 4.07. The van der Waals surface area contributed by atoms with Crippen LogP contribution in [0.1, 0.15) is 23.4 Å². The zero-order valence-corrected chi connectivity index (χ0v) is 9.02. The minimum atomic E-state index is -0.287. The van der Waals surface area contributed by atoms with Crippen molar-refractivity contribution >= 4 is 0 Å². The van der Waals surface area contributed by atoms with Gasteiger partial charge in [0, 0.05) is 18.4 Å². The summed E-state index contributed by atoms with van der Waals surface area (Å²) in [7, 11) is 0. The Morgan fingerprint density at radius 3 is 2.88 bits per heavy atom. The van der Waals surface area contributed by atoms with Crippen molar-refractivity contribution < 1.29 is 4.42 Å². The fourth-order valence-corrected chi connectivity index (χ4v) is 2.38. The molecule has 2 N–H and O–H groups in total. The van der Waals surface area contributed by atoms with Gasteiger partial charge in [-0.1, -0.05) is 30.3 Å². The Kier molecular flexibility index (Phi) is 2.07. The average molecular weight is 214 g/mol. The molecule has 3 heteroatoms. The van der Waals surface area contributed by atoms with Crippen LogP contribution in [0.25, 0.3) is 0 Å². The SMILES string of the molecule is NC1(c2ccccc2)CCc2ocnc2C1. The Balaban J connectivity index is 1.98. The van der Waals surface area contributed by atoms with Crippen LogP contribution < -0.4 is 5.73 Å². The monoisotopic (exact) mass is 214 g/mol. The number of oxazole rings is 1. The predicted molar refractivity (Wildman–Crippen MR) is 60.8 cm³/mol. The first-order valence-electron chi connectivity index (χ1n) is 5.54. The number of nitrogens with two attached hydrogens (primary N) is 1. The third-order valence-electron chi connectivity index (χ3n) is 3.36. The molecule has 0 saturated carbocycles. The molecule has 0 fully saturated rings. The summed E-state index contributed by atoms with van der Waals surface area (Å²) in [4.78, 5) is 4.23. The van der Waals surface area contributed by atoms with Crippen LogP contribution in [0.3, 0.4) is 0 Å². The summed E-state index contributed by atoms with van der Waals surface area (Å²) in [5.41, 5.74) is 8.38. The van der Waals surface area contributed by atoms with Gasteiger partial charge < -0.3 is 10.2 Å². The summed E-state index contributed by atoms with van der Waals surface area (Å²) >= 11 is 0. The summed E-state index contributed by atoms with van der Waals surface area (Å²) in [6.45, 7) is 0. The number of nitrogens with zero attached hydrogens (tertiary/aromatic N) is 1. The molecule has 0 spiro atoms. The van der Waals surface area contributed by atoms with Crippen LogP contribution in [0.4, 0.5) is 0 Å². The lowest BCUT2D eigenvalue weighted by Gasteiger charge is -2.32. The zero-order valence-electron chi connectivity index (χ0n) is 9.02. The molecule has 0 aliphatic heterocycles. The van der Waals surface area contributed by atoms with Crippen molar-refractivity contribution in [3.8, 4) is 0 Å². The molecule has 1 aromatic heterocycles. The summed E-state index contributed by atoms with van der Waals surface area (Å²) in [6, 6.07) is 10.2. The molecule has 1 unspecified atom stereocenters. The molecule has 1 aliphatic rings. The standard InChI is InChI=1S/C13H14N2O/c14-13(10-4-2-1-3-5-10)7-6-12-11(8-13)15-9-16-12/h1-5,9H,6-8,14H2. The number of benzene rings is 1. The molecule has 1 aliphatic carbocycles. The largest absolute Gasteiger partial charge is 0.448 e. The maximum atomic E-state index is 6.47. The minimum Gasteiger partial charge on any atom is -0.448 e. The maximum Gasteiger partial charge on any atom is 0.181 e. The fraction of sp³-hybridized carbons (Fsp3) is 0.308. The molecule has 0 bridgehead atoms. The van der Waals surface area contributed by atoms with E-state index in [2.05, 4.69) is 17.1 Å². The highest BCUT2D eigenvalue weighted by Crippen LogP contribution is 2.33. The first-order valence-corrected chi connectivity index (χ1v) is 5.54. The quantitative estimate of drug-likeness (QED) is 0.790. The van der Waals surface area contributed by atoms with Crippen LogP contribution in [-0.2, 0) is 18.4 Å². The Morgan fingerprint density at radius 2 is 2.06 bits per heavy atom. The van der Waals surface area contributed by atoms with E-state index < -0.39 is 0 Å². The molecule has 0 saturated heterocycles. The number of hydrogen-bond acceptors (Lipinski definition) is 3. The molecule has 1 aromatic carbocycles. The van der Waals surface area contributed by atoms with E-state index >= 15 is 0 Å². The van der Waals surface area contributed by atoms with Gasteiger partial charge in [-0.3, -0.25) is 0 Å². The molecule has 82 valence electrons. The number of rotatable bonds is 1. The van der Waals surface area contributed by atoms with Crippen LogP contribution in [-0.4, -0.2) is 4.98 Å². The summed E-state index contributed by atoms with van der Waals surface area (Å²) < 4.78 is 5.32. The van der Waals surface area contributed by atoms with Crippen molar-refractivity contribution in [1.82, 2.24) is 4.98 Å². The van der Waals surface area contributed by atoms with E-state index in [-0.39, 0.29) is 5.54 Å². The van der Waals surface area contributed by atoms with Gasteiger partial charge in [-0.2, -0.15) is 0 Å². The van der Waals surface area contributed by atoms with E-state index in [4.69, 9.17) is 10.2 Å². The van der Waals surface area contributed by atoms with Crippen molar-refractivity contribution in [3.05, 3.63) is 53.7 Å². The minimum absolute atomic E-state index is 0.287. The number of hydrogen-bond donors (Lipinski definition) is 1. The van der Waals surface area contributed by atoms with Crippen molar-refractivity contribution in [2.45, 2.75) is 24.8 Å². The van der Waals surface area contributed by atoms with Gasteiger partial charge >= 0.3 is 0 Å². The molecule has 0 radical (unpaired) electrons. The summed E-state index contributed by atoms with van der Waals surface area (Å²) in [5, 5.41) is 0. The third-order valence-corrected chi connectivity index (χ3v) is 3.36. The van der Waals surface area contributed by atoms with Gasteiger partial charge in [-0.15, -0.1) is 0 Å². The van der Waals surface area contributed by atoms with Crippen molar-refractivity contribution in [2.75, 3.05) is 0 Å². The second kappa shape index (κ2) is 3.46. The van der Waals surface area contributed by atoms with Crippen molar-refractivity contribution in [1.29, 1.82) is 0 Å². The lowest BCUT2D eigenvalue weighted by atomic mass is 9.78. The van der Waals surface area contributed by atoms with Gasteiger partial charge in [0.25, 0.3) is 0 Å². The highest BCUT2D eigenvalue weighted by atomic mass is 16.3. The van der Waals surface area contributed by atoms with E-state index in [1.807, 2.05) is 18.2 Å². The highest BCUT2D eigenvalue weighted by Gasteiger charge is 2.34. The highest BCUT2D eigenvalue weighted by molar-refractivity contribution is 5.29. The molecule has 3 nitrogen and oxygen atoms in total. The van der Waals surface area contributed by atoms with Crippen LogP contribution in [0, 0.1) is 0 Å². The average Bonchev–Trinajstić information content (AvgIpc) is 2.77. The van der Waals surface area contributed by atoms with E-state index in [1.165, 1.54) is 12.0 Å². The maximum absolute atomic E-state index is 6.47. The number of fused-ring (bicyclic) bond motifs is 1. The predicted octanol–water partition coefficient (Wildman–Crippen LogP) is 2.02. The Hall–Kier alpha value is -1.61. The molecule has 3 rings (SSSR count). The lowest BCUT2D eigenvalue weighted by Crippen LogP contribution is -2.42. The topological polar surface area (TPSA) is 52.0 Å². The molecular formula is C13H14N2O. The van der Waals surface area contributed by atoms with Gasteiger partial charge in [-0.05, 0) is 12.0 Å².